The molecule has 6 aromatic rings. The van der Waals surface area contributed by atoms with Crippen LogP contribution in [0.15, 0.2) is 72.4 Å². The van der Waals surface area contributed by atoms with Gasteiger partial charge in [0, 0.05) is 83.0 Å². The fraction of sp³-hybridized carbons (Fsp3) is 0.359. The molecule has 1 saturated heterocycles. The summed E-state index contributed by atoms with van der Waals surface area (Å²) in [5.74, 6) is -2.25. The molecule has 5 heterocycles. The van der Waals surface area contributed by atoms with E-state index in [1.807, 2.05) is 29.7 Å². The quantitative estimate of drug-likeness (QED) is 0.193. The number of imidazole rings is 1. The monoisotopic (exact) mass is 769 g/mol. The lowest BCUT2D eigenvalue weighted by molar-refractivity contribution is 0.0659. The Morgan fingerprint density at radius 1 is 0.857 bits per heavy atom. The number of anilines is 1. The van der Waals surface area contributed by atoms with Crippen LogP contribution in [0.4, 0.5) is 5.69 Å². The Morgan fingerprint density at radius 2 is 1.55 bits per heavy atom. The number of para-hydroxylation sites is 2. The Kier molecular flexibility index (Phi) is 11.3. The number of ether oxygens (including phenoxy) is 1. The molecule has 4 aromatic heterocycles. The van der Waals surface area contributed by atoms with E-state index in [0.29, 0.717) is 41.6 Å². The summed E-state index contributed by atoms with van der Waals surface area (Å²) in [6.07, 6.45) is 2.64. The molecule has 294 valence electrons. The van der Waals surface area contributed by atoms with Crippen molar-refractivity contribution in [1.29, 1.82) is 0 Å². The zero-order chi connectivity index (χ0) is 40.4. The summed E-state index contributed by atoms with van der Waals surface area (Å²) in [5.41, 5.74) is 0.963. The number of hydrogen-bond acceptors (Lipinski definition) is 11. The van der Waals surface area contributed by atoms with Crippen LogP contribution < -0.4 is 31.7 Å². The van der Waals surface area contributed by atoms with Crippen molar-refractivity contribution in [2.24, 2.45) is 14.1 Å². The van der Waals surface area contributed by atoms with Crippen molar-refractivity contribution >= 4 is 50.7 Å². The average molecular weight is 770 g/mol. The number of methoxy groups -OCH3 is 1. The maximum atomic E-state index is 12.6. The minimum absolute atomic E-state index is 0.0680. The van der Waals surface area contributed by atoms with Crippen LogP contribution in [-0.2, 0) is 33.6 Å². The minimum atomic E-state index is -1.39. The van der Waals surface area contributed by atoms with Gasteiger partial charge in [0.05, 0.1) is 30.0 Å². The van der Waals surface area contributed by atoms with Gasteiger partial charge >= 0.3 is 17.6 Å². The lowest BCUT2D eigenvalue weighted by Crippen LogP contribution is -2.47. The lowest BCUT2D eigenvalue weighted by Gasteiger charge is -2.36. The normalized spacial score (nSPS) is 13.3. The molecule has 56 heavy (non-hydrogen) atoms. The first kappa shape index (κ1) is 39.2. The summed E-state index contributed by atoms with van der Waals surface area (Å²) in [5, 5.41) is 19.0. The van der Waals surface area contributed by atoms with Gasteiger partial charge in [-0.1, -0.05) is 25.5 Å². The first-order valence-electron chi connectivity index (χ1n) is 18.2. The highest BCUT2D eigenvalue weighted by Crippen LogP contribution is 2.30. The molecule has 0 atom stereocenters. The van der Waals surface area contributed by atoms with Gasteiger partial charge in [-0.2, -0.15) is 0 Å². The number of hydrogen-bond donors (Lipinski definition) is 2. The van der Waals surface area contributed by atoms with Crippen LogP contribution in [0.25, 0.3) is 33.0 Å². The molecule has 0 aliphatic carbocycles. The van der Waals surface area contributed by atoms with Crippen LogP contribution in [-0.4, -0.2) is 90.1 Å². The summed E-state index contributed by atoms with van der Waals surface area (Å²) >= 11 is 0. The number of fused-ring (bicyclic) bond motifs is 3. The van der Waals surface area contributed by atoms with E-state index in [1.54, 1.807) is 27.4 Å². The molecular weight excluding hydrogens is 726 g/mol. The number of carbonyl (C=O) groups is 2. The summed E-state index contributed by atoms with van der Waals surface area (Å²) in [7, 11) is 4.83. The number of benzene rings is 2. The minimum Gasteiger partial charge on any atom is -0.495 e. The second-order valence-electron chi connectivity index (χ2n) is 13.4. The van der Waals surface area contributed by atoms with Crippen molar-refractivity contribution in [2.75, 3.05) is 44.7 Å². The third-order valence-corrected chi connectivity index (χ3v) is 10.1. The number of carboxylic acid groups (broad SMARTS) is 2. The van der Waals surface area contributed by atoms with Gasteiger partial charge < -0.3 is 33.4 Å². The van der Waals surface area contributed by atoms with Crippen LogP contribution in [0.5, 0.6) is 5.75 Å². The number of piperazine rings is 1. The van der Waals surface area contributed by atoms with Crippen molar-refractivity contribution in [3.8, 4) is 5.75 Å². The van der Waals surface area contributed by atoms with E-state index in [4.69, 9.17) is 9.15 Å². The number of rotatable bonds is 10. The van der Waals surface area contributed by atoms with Gasteiger partial charge in [-0.25, -0.2) is 19.4 Å². The van der Waals surface area contributed by atoms with Crippen LogP contribution in [0, 0.1) is 0 Å². The van der Waals surface area contributed by atoms with Gasteiger partial charge in [-0.15, -0.1) is 0 Å². The SMILES string of the molecule is CCCc1c2oc(C(=O)O)cc(=O)c2cc2c(=O)cc(C(=O)O)n(CC)c12.COc1ccccc1N1CCN(CCn2cnc3c2c(=O)n(C)c(=O)n3C)CC1. The van der Waals surface area contributed by atoms with E-state index >= 15 is 0 Å². The largest absolute Gasteiger partial charge is 0.495 e. The van der Waals surface area contributed by atoms with Crippen LogP contribution >= 0.6 is 0 Å². The molecule has 1 aliphatic rings. The summed E-state index contributed by atoms with van der Waals surface area (Å²) < 4.78 is 16.8. The van der Waals surface area contributed by atoms with E-state index in [1.165, 1.54) is 22.2 Å². The van der Waals surface area contributed by atoms with Crippen molar-refractivity contribution in [3.63, 3.8) is 0 Å². The highest BCUT2D eigenvalue weighted by molar-refractivity contribution is 6.01. The second kappa shape index (κ2) is 16.1. The van der Waals surface area contributed by atoms with E-state index in [9.17, 15) is 39.0 Å². The molecule has 17 heteroatoms. The summed E-state index contributed by atoms with van der Waals surface area (Å²) in [6, 6.07) is 11.3. The van der Waals surface area contributed by atoms with Gasteiger partial charge in [0.1, 0.15) is 17.0 Å². The third-order valence-electron chi connectivity index (χ3n) is 10.1. The molecule has 1 fully saturated rings. The Labute approximate surface area is 318 Å². The standard InChI is InChI=1S/C20H26N6O3.C19H17NO7/c1-22-18-17(19(27)23(2)20(22)28)26(14-21-18)13-10-24-8-11-25(12-9-24)15-6-4-5-7-16(15)29-3;1-3-5-9-16-10(13(21)7-12(18(23)24)20(16)4-2)6-11-14(22)8-15(19(25)26)27-17(9)11/h4-7,14H,8-13H2,1-3H3;6-8H,3-5H2,1-2H3,(H,23,24)(H,25,26). The topological polar surface area (TPSA) is 204 Å². The molecule has 0 bridgehead atoms. The number of nitrogens with zero attached hydrogens (tertiary/aromatic N) is 7. The van der Waals surface area contributed by atoms with Crippen molar-refractivity contribution in [1.82, 2.24) is 28.2 Å². The first-order chi connectivity index (χ1) is 26.8. The van der Waals surface area contributed by atoms with Gasteiger partial charge in [0.15, 0.2) is 22.0 Å². The van der Waals surface area contributed by atoms with Crippen molar-refractivity contribution in [2.45, 2.75) is 39.8 Å². The summed E-state index contributed by atoms with van der Waals surface area (Å²) in [6.45, 7) is 9.05. The predicted molar refractivity (Wildman–Crippen MR) is 210 cm³/mol. The van der Waals surface area contributed by atoms with E-state index in [2.05, 4.69) is 20.9 Å². The van der Waals surface area contributed by atoms with Crippen molar-refractivity contribution in [3.05, 3.63) is 107 Å². The highest BCUT2D eigenvalue weighted by Gasteiger charge is 2.23. The van der Waals surface area contributed by atoms with E-state index in [-0.39, 0.29) is 39.8 Å². The zero-order valence-electron chi connectivity index (χ0n) is 31.8. The molecule has 2 N–H and O–H groups in total. The Balaban J connectivity index is 0.000000190. The Bertz CT molecular complexity index is 2730. The zero-order valence-corrected chi connectivity index (χ0v) is 31.8. The molecule has 2 aromatic carbocycles. The van der Waals surface area contributed by atoms with Gasteiger partial charge in [0.2, 0.25) is 5.76 Å². The molecule has 7 rings (SSSR count). The molecule has 0 amide bonds. The van der Waals surface area contributed by atoms with Crippen LogP contribution in [0.3, 0.4) is 0 Å². The molecule has 0 saturated carbocycles. The summed E-state index contributed by atoms with van der Waals surface area (Å²) in [4.78, 5) is 81.5. The van der Waals surface area contributed by atoms with Crippen molar-refractivity contribution < 1.29 is 29.0 Å². The number of aromatic carboxylic acids is 2. The fourth-order valence-corrected chi connectivity index (χ4v) is 7.26. The fourth-order valence-electron chi connectivity index (χ4n) is 7.26. The maximum Gasteiger partial charge on any atom is 0.371 e. The molecular formula is C39H43N7O10. The average Bonchev–Trinajstić information content (AvgIpc) is 3.63. The second-order valence-corrected chi connectivity index (χ2v) is 13.4. The van der Waals surface area contributed by atoms with Gasteiger partial charge in [-0.05, 0) is 31.5 Å². The lowest BCUT2D eigenvalue weighted by atomic mass is 10.00. The molecule has 0 unspecified atom stereocenters. The number of carboxylic acids is 2. The van der Waals surface area contributed by atoms with Crippen LogP contribution in [0.1, 0.15) is 46.9 Å². The van der Waals surface area contributed by atoms with E-state index in [0.717, 1.165) is 60.9 Å². The first-order valence-corrected chi connectivity index (χ1v) is 18.2. The van der Waals surface area contributed by atoms with Gasteiger partial charge in [-0.3, -0.25) is 28.4 Å². The smallest absolute Gasteiger partial charge is 0.371 e. The van der Waals surface area contributed by atoms with Crippen LogP contribution in [0.2, 0.25) is 0 Å². The maximum absolute atomic E-state index is 12.6. The molecule has 0 spiro atoms. The Hall–Kier alpha value is -6.49. The highest BCUT2D eigenvalue weighted by atomic mass is 16.5. The number of pyridine rings is 1. The molecule has 17 nitrogen and oxygen atoms in total. The third kappa shape index (κ3) is 7.20. The number of aromatic nitrogens is 5. The predicted octanol–water partition coefficient (Wildman–Crippen LogP) is 2.74. The molecule has 1 aliphatic heterocycles. The van der Waals surface area contributed by atoms with E-state index < -0.39 is 28.6 Å². The van der Waals surface area contributed by atoms with Gasteiger partial charge in [0.25, 0.3) is 5.56 Å². The number of aryl methyl sites for hydroxylation is 3. The Morgan fingerprint density at radius 3 is 2.20 bits per heavy atom. The molecule has 0 radical (unpaired) electrons.